The SMILES string of the molecule is CC(C)CCN1CCCC2(CC(C(=O)NCC(F)(F)F)=NO2)C1.O=C(O)C(F)(F)F. The van der Waals surface area contributed by atoms with Gasteiger partial charge in [0.1, 0.15) is 12.3 Å². The Morgan fingerprint density at radius 3 is 2.37 bits per heavy atom. The molecule has 0 aromatic carbocycles. The van der Waals surface area contributed by atoms with Gasteiger partial charge in [-0.1, -0.05) is 19.0 Å². The van der Waals surface area contributed by atoms with Gasteiger partial charge in [0, 0.05) is 13.0 Å². The van der Waals surface area contributed by atoms with Crippen molar-refractivity contribution in [3.05, 3.63) is 0 Å². The fourth-order valence-corrected chi connectivity index (χ4v) is 2.97. The second-order valence-corrected chi connectivity index (χ2v) is 7.65. The normalized spacial score (nSPS) is 22.2. The number of carbonyl (C=O) groups is 2. The smallest absolute Gasteiger partial charge is 0.475 e. The molecule has 174 valence electrons. The van der Waals surface area contributed by atoms with Gasteiger partial charge in [-0.2, -0.15) is 26.3 Å². The van der Waals surface area contributed by atoms with Crippen LogP contribution in [0.5, 0.6) is 0 Å². The van der Waals surface area contributed by atoms with Gasteiger partial charge in [0.2, 0.25) is 0 Å². The van der Waals surface area contributed by atoms with Crippen LogP contribution in [0.25, 0.3) is 0 Å². The molecule has 1 fully saturated rings. The number of nitrogens with zero attached hydrogens (tertiary/aromatic N) is 2. The predicted octanol–water partition coefficient (Wildman–Crippen LogP) is 2.96. The van der Waals surface area contributed by atoms with Crippen LogP contribution in [0.15, 0.2) is 5.16 Å². The van der Waals surface area contributed by atoms with E-state index in [1.165, 1.54) is 0 Å². The van der Waals surface area contributed by atoms with Gasteiger partial charge >= 0.3 is 18.3 Å². The Morgan fingerprint density at radius 2 is 1.87 bits per heavy atom. The maximum atomic E-state index is 12.2. The first-order valence-electron chi connectivity index (χ1n) is 9.26. The lowest BCUT2D eigenvalue weighted by molar-refractivity contribution is -0.192. The number of carboxylic acids is 1. The Kier molecular flexibility index (Phi) is 8.93. The number of likely N-dealkylation sites (tertiary alicyclic amines) is 1. The van der Waals surface area contributed by atoms with Crippen LogP contribution < -0.4 is 5.32 Å². The molecule has 2 rings (SSSR count). The first-order chi connectivity index (χ1) is 13.6. The number of hydrogen-bond acceptors (Lipinski definition) is 5. The summed E-state index contributed by atoms with van der Waals surface area (Å²) in [6.07, 6.45) is -6.45. The lowest BCUT2D eigenvalue weighted by Crippen LogP contribution is -2.49. The molecule has 0 aromatic heterocycles. The molecular formula is C17H25F6N3O4. The summed E-state index contributed by atoms with van der Waals surface area (Å²) in [7, 11) is 0. The van der Waals surface area contributed by atoms with Gasteiger partial charge in [-0.15, -0.1) is 0 Å². The van der Waals surface area contributed by atoms with Crippen molar-refractivity contribution in [2.75, 3.05) is 26.2 Å². The number of hydrogen-bond donors (Lipinski definition) is 2. The summed E-state index contributed by atoms with van der Waals surface area (Å²) < 4.78 is 68.2. The summed E-state index contributed by atoms with van der Waals surface area (Å²) in [4.78, 5) is 28.5. The van der Waals surface area contributed by atoms with Gasteiger partial charge in [-0.05, 0) is 38.3 Å². The van der Waals surface area contributed by atoms with Crippen molar-refractivity contribution < 1.29 is 45.9 Å². The van der Waals surface area contributed by atoms with E-state index in [0.29, 0.717) is 12.5 Å². The topological polar surface area (TPSA) is 91.2 Å². The molecule has 1 amide bonds. The third kappa shape index (κ3) is 9.18. The number of piperidine rings is 1. The quantitative estimate of drug-likeness (QED) is 0.630. The minimum absolute atomic E-state index is 0.0555. The van der Waals surface area contributed by atoms with Gasteiger partial charge in [-0.3, -0.25) is 9.69 Å². The number of amides is 1. The van der Waals surface area contributed by atoms with Crippen LogP contribution in [0.4, 0.5) is 26.3 Å². The van der Waals surface area contributed by atoms with Crippen LogP contribution in [0.3, 0.4) is 0 Å². The summed E-state index contributed by atoms with van der Waals surface area (Å²) in [6.45, 7) is 5.58. The van der Waals surface area contributed by atoms with Crippen molar-refractivity contribution in [2.24, 2.45) is 11.1 Å². The van der Waals surface area contributed by atoms with E-state index in [9.17, 15) is 31.1 Å². The second kappa shape index (κ2) is 10.3. The second-order valence-electron chi connectivity index (χ2n) is 7.65. The van der Waals surface area contributed by atoms with Gasteiger partial charge in [0.25, 0.3) is 5.91 Å². The summed E-state index contributed by atoms with van der Waals surface area (Å²) >= 11 is 0. The molecule has 1 spiro atoms. The van der Waals surface area contributed by atoms with Gasteiger partial charge in [0.15, 0.2) is 5.60 Å². The van der Waals surface area contributed by atoms with E-state index in [2.05, 4.69) is 23.9 Å². The number of halogens is 6. The molecule has 0 aromatic rings. The Labute approximate surface area is 169 Å². The maximum Gasteiger partial charge on any atom is 0.490 e. The molecule has 2 aliphatic rings. The highest BCUT2D eigenvalue weighted by Crippen LogP contribution is 2.33. The summed E-state index contributed by atoms with van der Waals surface area (Å²) in [5.74, 6) is -2.94. The number of carbonyl (C=O) groups excluding carboxylic acids is 1. The fraction of sp³-hybridized carbons (Fsp3) is 0.824. The molecule has 0 saturated carbocycles. The highest BCUT2D eigenvalue weighted by molar-refractivity contribution is 6.39. The molecule has 1 atom stereocenters. The average molecular weight is 449 g/mol. The number of carboxylic acid groups (broad SMARTS) is 1. The predicted molar refractivity (Wildman–Crippen MR) is 93.8 cm³/mol. The van der Waals surface area contributed by atoms with Crippen molar-refractivity contribution in [1.29, 1.82) is 0 Å². The van der Waals surface area contributed by atoms with E-state index in [0.717, 1.165) is 32.4 Å². The summed E-state index contributed by atoms with van der Waals surface area (Å²) in [5, 5.41) is 12.7. The van der Waals surface area contributed by atoms with E-state index in [1.54, 1.807) is 0 Å². The molecular weight excluding hydrogens is 424 g/mol. The maximum absolute atomic E-state index is 12.2. The zero-order chi connectivity index (χ0) is 23.2. The van der Waals surface area contributed by atoms with Crippen molar-refractivity contribution in [3.8, 4) is 0 Å². The van der Waals surface area contributed by atoms with Crippen molar-refractivity contribution in [3.63, 3.8) is 0 Å². The lowest BCUT2D eigenvalue weighted by atomic mass is 9.87. The minimum atomic E-state index is -5.08. The first-order valence-corrected chi connectivity index (χ1v) is 9.26. The van der Waals surface area contributed by atoms with Crippen LogP contribution in [0, 0.1) is 5.92 Å². The monoisotopic (exact) mass is 449 g/mol. The molecule has 2 heterocycles. The van der Waals surface area contributed by atoms with E-state index >= 15 is 0 Å². The molecule has 0 radical (unpaired) electrons. The standard InChI is InChI=1S/C15H24F3N3O2.C2HF3O2/c1-11(2)4-7-21-6-3-5-14(10-21)8-12(20-23-14)13(22)19-9-15(16,17)18;3-2(4,5)1(6)7/h11H,3-10H2,1-2H3,(H,19,22);(H,6,7). The Morgan fingerprint density at radius 1 is 1.27 bits per heavy atom. The first kappa shape index (κ1) is 26.0. The molecule has 30 heavy (non-hydrogen) atoms. The molecule has 7 nitrogen and oxygen atoms in total. The zero-order valence-electron chi connectivity index (χ0n) is 16.6. The minimum Gasteiger partial charge on any atom is -0.475 e. The number of rotatable bonds is 5. The molecule has 0 aliphatic carbocycles. The van der Waals surface area contributed by atoms with Gasteiger partial charge in [-0.25, -0.2) is 4.79 Å². The van der Waals surface area contributed by atoms with E-state index in [-0.39, 0.29) is 12.1 Å². The van der Waals surface area contributed by atoms with Crippen LogP contribution in [0.1, 0.15) is 39.5 Å². The Balaban J connectivity index is 0.000000553. The van der Waals surface area contributed by atoms with E-state index in [4.69, 9.17) is 14.7 Å². The van der Waals surface area contributed by atoms with Gasteiger partial charge < -0.3 is 15.3 Å². The summed E-state index contributed by atoms with van der Waals surface area (Å²) in [6, 6.07) is 0. The van der Waals surface area contributed by atoms with Crippen molar-refractivity contribution in [2.45, 2.75) is 57.5 Å². The highest BCUT2D eigenvalue weighted by atomic mass is 19.4. The van der Waals surface area contributed by atoms with Crippen LogP contribution in [-0.2, 0) is 14.4 Å². The average Bonchev–Trinajstić information content (AvgIpc) is 3.00. The van der Waals surface area contributed by atoms with Gasteiger partial charge in [0.05, 0.1) is 0 Å². The molecule has 1 unspecified atom stereocenters. The Bertz CT molecular complexity index is 636. The molecule has 0 bridgehead atoms. The molecule has 2 aliphatic heterocycles. The molecule has 2 N–H and O–H groups in total. The number of nitrogens with one attached hydrogen (secondary N) is 1. The third-order valence-electron chi connectivity index (χ3n) is 4.43. The highest BCUT2D eigenvalue weighted by Gasteiger charge is 2.44. The molecule has 1 saturated heterocycles. The van der Waals surface area contributed by atoms with Crippen molar-refractivity contribution in [1.82, 2.24) is 10.2 Å². The third-order valence-corrected chi connectivity index (χ3v) is 4.43. The summed E-state index contributed by atoms with van der Waals surface area (Å²) in [5.41, 5.74) is -0.500. The Hall–Kier alpha value is -2.05. The largest absolute Gasteiger partial charge is 0.490 e. The number of oxime groups is 1. The lowest BCUT2D eigenvalue weighted by Gasteiger charge is -2.38. The number of alkyl halides is 6. The van der Waals surface area contributed by atoms with E-state index < -0.39 is 36.4 Å². The van der Waals surface area contributed by atoms with Crippen LogP contribution in [0.2, 0.25) is 0 Å². The number of aliphatic carboxylic acids is 1. The zero-order valence-corrected chi connectivity index (χ0v) is 16.6. The van der Waals surface area contributed by atoms with Crippen LogP contribution >= 0.6 is 0 Å². The van der Waals surface area contributed by atoms with Crippen LogP contribution in [-0.4, -0.2) is 71.7 Å². The van der Waals surface area contributed by atoms with E-state index in [1.807, 2.05) is 5.32 Å². The van der Waals surface area contributed by atoms with Crippen molar-refractivity contribution >= 4 is 17.6 Å². The fourth-order valence-electron chi connectivity index (χ4n) is 2.97. The molecule has 13 heteroatoms.